The average molecular weight is 1030 g/mol. The highest BCUT2D eigenvalue weighted by Crippen LogP contribution is 2.50. The first-order valence-electron chi connectivity index (χ1n) is 28.4. The van der Waals surface area contributed by atoms with Crippen LogP contribution < -0.4 is 48.7 Å². The third kappa shape index (κ3) is 8.90. The molecule has 390 valence electrons. The van der Waals surface area contributed by atoms with Crippen molar-refractivity contribution in [2.75, 3.05) is 79.9 Å². The zero-order chi connectivity index (χ0) is 56.0. The van der Waals surface area contributed by atoms with Crippen molar-refractivity contribution in [2.24, 2.45) is 0 Å². The predicted molar refractivity (Wildman–Crippen MR) is 325 cm³/mol. The van der Waals surface area contributed by atoms with Crippen molar-refractivity contribution < 1.29 is 13.6 Å². The molecule has 9 aromatic carbocycles. The minimum absolute atomic E-state index is 0.131. The van der Waals surface area contributed by atoms with Gasteiger partial charge in [0, 0.05) is 76.5 Å². The van der Waals surface area contributed by atoms with Crippen LogP contribution in [0.3, 0.4) is 0 Å². The van der Waals surface area contributed by atoms with Crippen LogP contribution in [-0.2, 0) is 10.8 Å². The lowest BCUT2D eigenvalue weighted by Gasteiger charge is -2.27. The molecule has 4 heterocycles. The molecule has 0 bridgehead atoms. The summed E-state index contributed by atoms with van der Waals surface area (Å²) in [6.45, 7) is 13.4. The molecule has 78 heavy (non-hydrogen) atoms. The first-order valence-corrected chi connectivity index (χ1v) is 26.9. The van der Waals surface area contributed by atoms with Crippen molar-refractivity contribution in [1.29, 1.82) is 0 Å². The Morgan fingerprint density at radius 3 is 1.01 bits per heavy atom. The topological polar surface area (TPSA) is 44.4 Å². The van der Waals surface area contributed by atoms with Gasteiger partial charge in [-0.2, -0.15) is 0 Å². The fraction of sp³-hybridized carbons (Fsp3) is 0.206. The van der Waals surface area contributed by atoms with Crippen molar-refractivity contribution in [2.45, 2.75) is 52.4 Å². The molecule has 0 amide bonds. The Morgan fingerprint density at radius 2 is 0.628 bits per heavy atom. The summed E-state index contributed by atoms with van der Waals surface area (Å²) in [4.78, 5) is 17.6. The summed E-state index contributed by atoms with van der Waals surface area (Å²) in [7, 11) is 2.13. The van der Waals surface area contributed by atoms with Gasteiger partial charge < -0.3 is 48.7 Å². The van der Waals surface area contributed by atoms with Gasteiger partial charge in [-0.05, 0) is 143 Å². The molecule has 0 N–H and O–H groups in total. The van der Waals surface area contributed by atoms with Gasteiger partial charge in [0.2, 0.25) is 0 Å². The number of fused-ring (bicyclic) bond motifs is 4. The maximum Gasteiger partial charge on any atom is 0.129 e. The summed E-state index contributed by atoms with van der Waals surface area (Å²) in [5.74, 6) is 2.97. The van der Waals surface area contributed by atoms with E-state index in [4.69, 9.17) is 13.6 Å². The summed E-state index contributed by atoms with van der Waals surface area (Å²) in [6.07, 6.45) is 0. The van der Waals surface area contributed by atoms with Gasteiger partial charge in [-0.3, -0.25) is 0 Å². The highest BCUT2D eigenvalue weighted by molar-refractivity contribution is 5.90. The van der Waals surface area contributed by atoms with E-state index in [1.165, 1.54) is 21.8 Å². The van der Waals surface area contributed by atoms with E-state index in [0.29, 0.717) is 24.8 Å². The van der Waals surface area contributed by atoms with Crippen LogP contribution >= 0.6 is 0 Å². The second-order valence-corrected chi connectivity index (χ2v) is 22.9. The van der Waals surface area contributed by atoms with Crippen molar-refractivity contribution in [3.63, 3.8) is 0 Å². The third-order valence-electron chi connectivity index (χ3n) is 15.5. The highest BCUT2D eigenvalue weighted by atomic mass is 16.5. The molecule has 10 nitrogen and oxygen atoms in total. The summed E-state index contributed by atoms with van der Waals surface area (Å²) in [6, 6.07) is 72.0. The molecule has 4 aliphatic rings. The quantitative estimate of drug-likeness (QED) is 0.132. The predicted octanol–water partition coefficient (Wildman–Crippen LogP) is 17.5. The van der Waals surface area contributed by atoms with Crippen LogP contribution in [0.25, 0.3) is 0 Å². The maximum atomic E-state index is 8.24. The Hall–Kier alpha value is -9.02. The van der Waals surface area contributed by atoms with Gasteiger partial charge in [-0.15, -0.1) is 0 Å². The lowest BCUT2D eigenvalue weighted by molar-refractivity contribution is 0.478. The van der Waals surface area contributed by atoms with Crippen LogP contribution in [0.15, 0.2) is 206 Å². The Morgan fingerprint density at radius 1 is 0.308 bits per heavy atom. The maximum absolute atomic E-state index is 8.24. The molecular formula is C68H66N8O2. The number of hydrogen-bond acceptors (Lipinski definition) is 10. The van der Waals surface area contributed by atoms with E-state index in [0.717, 1.165) is 92.0 Å². The van der Waals surface area contributed by atoms with Crippen molar-refractivity contribution >= 4 is 79.6 Å². The molecular weight excluding hydrogens is 961 g/mol. The van der Waals surface area contributed by atoms with Gasteiger partial charge in [0.05, 0.1) is 58.8 Å². The zero-order valence-corrected chi connectivity index (χ0v) is 45.4. The minimum Gasteiger partial charge on any atom is -0.457 e. The van der Waals surface area contributed by atoms with Crippen molar-refractivity contribution in [3.8, 4) is 23.0 Å². The van der Waals surface area contributed by atoms with Crippen LogP contribution in [0.2, 0.25) is 0 Å². The van der Waals surface area contributed by atoms with Gasteiger partial charge in [-0.1, -0.05) is 102 Å². The third-order valence-corrected chi connectivity index (χ3v) is 15.5. The zero-order valence-electron chi connectivity index (χ0n) is 48.4. The smallest absolute Gasteiger partial charge is 0.129 e. The van der Waals surface area contributed by atoms with Crippen LogP contribution in [0.1, 0.15) is 56.8 Å². The Balaban J connectivity index is 0.762. The fourth-order valence-electron chi connectivity index (χ4n) is 11.3. The van der Waals surface area contributed by atoms with E-state index in [1.807, 2.05) is 59.5 Å². The molecule has 4 aliphatic heterocycles. The second kappa shape index (κ2) is 18.9. The van der Waals surface area contributed by atoms with E-state index in [-0.39, 0.29) is 17.5 Å². The number of anilines is 14. The summed E-state index contributed by atoms with van der Waals surface area (Å²) in [5, 5.41) is 0. The first kappa shape index (κ1) is 45.2. The molecule has 9 aromatic rings. The number of para-hydroxylation sites is 8. The molecule has 0 unspecified atom stereocenters. The SMILES string of the molecule is [2H]C([2H])([2H])N1CN(c2cccc(Oc3cc(N4CN(c5ccc(N6CN(c7cc(Oc8cccc(N9CN(C)c%10ccccc%109)c8)cc(C(C)(C)C)c7)c7ccccc76)cc5)c5ccccc54)cc(C(C)(C)C)c3)c2)c2ccccc21. The molecule has 0 fully saturated rings. The molecule has 13 rings (SSSR count). The second-order valence-electron chi connectivity index (χ2n) is 22.9. The van der Waals surface area contributed by atoms with Crippen LogP contribution in [0.4, 0.5) is 79.6 Å². The monoisotopic (exact) mass is 1030 g/mol. The minimum atomic E-state index is -2.28. The van der Waals surface area contributed by atoms with Crippen LogP contribution in [-0.4, -0.2) is 40.7 Å². The van der Waals surface area contributed by atoms with E-state index in [1.54, 1.807) is 0 Å². The Labute approximate surface area is 463 Å². The molecule has 0 aromatic heterocycles. The lowest BCUT2D eigenvalue weighted by atomic mass is 9.86. The number of benzene rings is 9. The van der Waals surface area contributed by atoms with Crippen molar-refractivity contribution in [3.05, 3.63) is 217 Å². The number of ether oxygens (including phenoxy) is 2. The molecule has 0 saturated carbocycles. The normalized spacial score (nSPS) is 15.5. The highest BCUT2D eigenvalue weighted by Gasteiger charge is 2.33. The summed E-state index contributed by atoms with van der Waals surface area (Å²) < 4.78 is 38.3. The molecule has 0 saturated heterocycles. The summed E-state index contributed by atoms with van der Waals surface area (Å²) >= 11 is 0. The van der Waals surface area contributed by atoms with Gasteiger partial charge in [-0.25, -0.2) is 0 Å². The molecule has 0 spiro atoms. The van der Waals surface area contributed by atoms with E-state index < -0.39 is 6.98 Å². The molecule has 0 atom stereocenters. The first-order chi connectivity index (χ1) is 38.9. The van der Waals surface area contributed by atoms with E-state index in [9.17, 15) is 0 Å². The fourth-order valence-corrected chi connectivity index (χ4v) is 11.3. The standard InChI is InChI=1S/C68H66N8O2/c1-67(2,3)47-35-53(41-57(37-47)77-55-21-17-19-51(39-55)71-43-69(7)59-23-9-11-25-61(59)71)75-45-73(63-27-13-15-29-65(63)75)49-31-33-50(34-32-49)74-46-76(66-30-16-14-28-64(66)74)54-36-48(68(4,5)6)38-58(42-54)78-56-22-18-20-52(40-56)72-44-70(8)60-24-10-12-26-62(60)72/h9-42H,43-46H2,1-8H3/i7D3. The van der Waals surface area contributed by atoms with Crippen LogP contribution in [0.5, 0.6) is 23.0 Å². The summed E-state index contributed by atoms with van der Waals surface area (Å²) in [5.41, 5.74) is 16.7. The Kier molecular flexibility index (Phi) is 11.0. The van der Waals surface area contributed by atoms with Crippen molar-refractivity contribution in [1.82, 2.24) is 0 Å². The number of hydrogen-bond donors (Lipinski definition) is 0. The van der Waals surface area contributed by atoms with Gasteiger partial charge >= 0.3 is 0 Å². The number of rotatable bonds is 10. The lowest BCUT2D eigenvalue weighted by Crippen LogP contribution is -2.25. The molecule has 0 radical (unpaired) electrons. The van der Waals surface area contributed by atoms with E-state index >= 15 is 0 Å². The number of nitrogens with zero attached hydrogens (tertiary/aromatic N) is 8. The van der Waals surface area contributed by atoms with E-state index in [2.05, 4.69) is 230 Å². The van der Waals surface area contributed by atoms with Gasteiger partial charge in [0.25, 0.3) is 0 Å². The largest absolute Gasteiger partial charge is 0.457 e. The van der Waals surface area contributed by atoms with Crippen LogP contribution in [0, 0.1) is 0 Å². The van der Waals surface area contributed by atoms with Gasteiger partial charge in [0.15, 0.2) is 0 Å². The molecule has 10 heteroatoms. The average Bonchev–Trinajstić information content (AvgIpc) is 4.42. The molecule has 0 aliphatic carbocycles. The van der Waals surface area contributed by atoms with Gasteiger partial charge in [0.1, 0.15) is 36.3 Å². The Bertz CT molecular complexity index is 3850.